The van der Waals surface area contributed by atoms with Crippen LogP contribution in [0, 0.1) is 0 Å². The molecule has 0 radical (unpaired) electrons. The number of methoxy groups -OCH3 is 1. The molecule has 0 aliphatic carbocycles. The highest BCUT2D eigenvalue weighted by Gasteiger charge is 2.11. The zero-order chi connectivity index (χ0) is 18.5. The van der Waals surface area contributed by atoms with Gasteiger partial charge in [0.1, 0.15) is 11.6 Å². The third-order valence-corrected chi connectivity index (χ3v) is 4.89. The summed E-state index contributed by atoms with van der Waals surface area (Å²) >= 11 is 7.20. The highest BCUT2D eigenvalue weighted by molar-refractivity contribution is 7.17. The topological polar surface area (TPSA) is 71.8 Å². The van der Waals surface area contributed by atoms with Crippen molar-refractivity contribution in [1.82, 2.24) is 4.98 Å². The standard InChI is InChI=1S/C19H15ClN2O3S/c1-25-17-7-2-12(8-15(17)23)9-21-10-16(24)18-11-22-19(26-18)13-3-5-14(20)6-4-13/h2-9,11,23H,10H2,1H3. The molecular weight excluding hydrogens is 372 g/mol. The zero-order valence-corrected chi connectivity index (χ0v) is 15.4. The van der Waals surface area contributed by atoms with Crippen molar-refractivity contribution in [3.63, 3.8) is 0 Å². The highest BCUT2D eigenvalue weighted by Crippen LogP contribution is 2.27. The van der Waals surface area contributed by atoms with Crippen molar-refractivity contribution in [2.24, 2.45) is 4.99 Å². The van der Waals surface area contributed by atoms with E-state index in [0.717, 1.165) is 10.6 Å². The number of hydrogen-bond donors (Lipinski definition) is 1. The van der Waals surface area contributed by atoms with E-state index in [1.807, 2.05) is 12.1 Å². The van der Waals surface area contributed by atoms with E-state index in [1.54, 1.807) is 30.5 Å². The first-order chi connectivity index (χ1) is 12.6. The van der Waals surface area contributed by atoms with Crippen LogP contribution < -0.4 is 4.74 Å². The Kier molecular flexibility index (Phi) is 5.65. The highest BCUT2D eigenvalue weighted by atomic mass is 35.5. The Bertz CT molecular complexity index is 952. The minimum Gasteiger partial charge on any atom is -0.504 e. The van der Waals surface area contributed by atoms with Crippen LogP contribution in [0.1, 0.15) is 15.2 Å². The van der Waals surface area contributed by atoms with Gasteiger partial charge in [-0.3, -0.25) is 9.79 Å². The maximum Gasteiger partial charge on any atom is 0.195 e. The Balaban J connectivity index is 1.65. The van der Waals surface area contributed by atoms with Gasteiger partial charge in [0.25, 0.3) is 0 Å². The van der Waals surface area contributed by atoms with Crippen LogP contribution >= 0.6 is 22.9 Å². The fourth-order valence-electron chi connectivity index (χ4n) is 2.23. The maximum absolute atomic E-state index is 12.3. The van der Waals surface area contributed by atoms with Crippen molar-refractivity contribution in [3.8, 4) is 22.1 Å². The number of Topliss-reactive ketones (excluding diaryl/α,β-unsaturated/α-hetero) is 1. The van der Waals surface area contributed by atoms with E-state index >= 15 is 0 Å². The molecule has 1 aromatic heterocycles. The molecule has 0 aliphatic heterocycles. The van der Waals surface area contributed by atoms with Gasteiger partial charge in [-0.2, -0.15) is 0 Å². The van der Waals surface area contributed by atoms with Crippen LogP contribution in [0.15, 0.2) is 53.7 Å². The van der Waals surface area contributed by atoms with Crippen molar-refractivity contribution in [2.75, 3.05) is 13.7 Å². The molecular formula is C19H15ClN2O3S. The van der Waals surface area contributed by atoms with Gasteiger partial charge in [0.15, 0.2) is 17.3 Å². The third-order valence-electron chi connectivity index (χ3n) is 3.55. The number of nitrogens with zero attached hydrogens (tertiary/aromatic N) is 2. The molecule has 3 rings (SSSR count). The van der Waals surface area contributed by atoms with Crippen molar-refractivity contribution in [2.45, 2.75) is 0 Å². The van der Waals surface area contributed by atoms with Gasteiger partial charge in [0, 0.05) is 23.0 Å². The van der Waals surface area contributed by atoms with Gasteiger partial charge in [-0.15, -0.1) is 11.3 Å². The van der Waals surface area contributed by atoms with Gasteiger partial charge in [-0.05, 0) is 35.9 Å². The summed E-state index contributed by atoms with van der Waals surface area (Å²) in [5.74, 6) is 0.298. The lowest BCUT2D eigenvalue weighted by atomic mass is 10.2. The molecule has 7 heteroatoms. The van der Waals surface area contributed by atoms with Gasteiger partial charge in [0.05, 0.1) is 12.0 Å². The number of carbonyl (C=O) groups excluding carboxylic acids is 1. The summed E-state index contributed by atoms with van der Waals surface area (Å²) < 4.78 is 4.98. The van der Waals surface area contributed by atoms with Crippen LogP contribution in [0.25, 0.3) is 10.6 Å². The van der Waals surface area contributed by atoms with E-state index in [-0.39, 0.29) is 18.1 Å². The molecule has 5 nitrogen and oxygen atoms in total. The third kappa shape index (κ3) is 4.28. The maximum atomic E-state index is 12.3. The van der Waals surface area contributed by atoms with Gasteiger partial charge < -0.3 is 9.84 Å². The normalized spacial score (nSPS) is 11.0. The molecule has 0 unspecified atom stereocenters. The molecule has 1 N–H and O–H groups in total. The number of phenolic OH excluding ortho intramolecular Hbond substituents is 1. The molecule has 0 aliphatic rings. The van der Waals surface area contributed by atoms with Crippen LogP contribution in [0.2, 0.25) is 5.02 Å². The van der Waals surface area contributed by atoms with Crippen molar-refractivity contribution >= 4 is 34.9 Å². The molecule has 0 atom stereocenters. The number of benzene rings is 2. The van der Waals surface area contributed by atoms with Crippen LogP contribution in [0.5, 0.6) is 11.5 Å². The number of carbonyl (C=O) groups is 1. The molecule has 2 aromatic carbocycles. The Hall–Kier alpha value is -2.70. The van der Waals surface area contributed by atoms with E-state index in [4.69, 9.17) is 16.3 Å². The molecule has 0 saturated heterocycles. The van der Waals surface area contributed by atoms with Crippen LogP contribution in [0.3, 0.4) is 0 Å². The number of aromatic hydroxyl groups is 1. The molecule has 0 amide bonds. The summed E-state index contributed by atoms with van der Waals surface area (Å²) in [4.78, 5) is 21.2. The molecule has 0 fully saturated rings. The van der Waals surface area contributed by atoms with Gasteiger partial charge >= 0.3 is 0 Å². The van der Waals surface area contributed by atoms with Crippen LogP contribution in [-0.4, -0.2) is 35.7 Å². The Morgan fingerprint density at radius 2 is 2.08 bits per heavy atom. The summed E-state index contributed by atoms with van der Waals surface area (Å²) in [5.41, 5.74) is 1.60. The molecule has 26 heavy (non-hydrogen) atoms. The number of ether oxygens (including phenoxy) is 1. The molecule has 3 aromatic rings. The van der Waals surface area contributed by atoms with E-state index < -0.39 is 0 Å². The first-order valence-corrected chi connectivity index (χ1v) is 8.88. The largest absolute Gasteiger partial charge is 0.504 e. The SMILES string of the molecule is COc1ccc(C=NCC(=O)c2cnc(-c3ccc(Cl)cc3)s2)cc1O. The van der Waals surface area contributed by atoms with Crippen molar-refractivity contribution < 1.29 is 14.6 Å². The number of halogens is 1. The number of thiazole rings is 1. The second-order valence-electron chi connectivity index (χ2n) is 5.36. The molecule has 132 valence electrons. The number of phenols is 1. The number of aliphatic imine (C=N–C) groups is 1. The summed E-state index contributed by atoms with van der Waals surface area (Å²) in [7, 11) is 1.48. The lowest BCUT2D eigenvalue weighted by Crippen LogP contribution is -2.01. The summed E-state index contributed by atoms with van der Waals surface area (Å²) in [6.07, 6.45) is 3.10. The molecule has 0 bridgehead atoms. The van der Waals surface area contributed by atoms with Crippen LogP contribution in [-0.2, 0) is 0 Å². The lowest BCUT2D eigenvalue weighted by Gasteiger charge is -2.02. The number of aromatic nitrogens is 1. The van der Waals surface area contributed by atoms with E-state index in [1.165, 1.54) is 30.7 Å². The first kappa shape index (κ1) is 18.1. The fraction of sp³-hybridized carbons (Fsp3) is 0.105. The van der Waals surface area contributed by atoms with Gasteiger partial charge in [-0.1, -0.05) is 23.7 Å². The van der Waals surface area contributed by atoms with Gasteiger partial charge in [0.2, 0.25) is 0 Å². The quantitative estimate of drug-likeness (QED) is 0.500. The second-order valence-corrected chi connectivity index (χ2v) is 6.83. The number of rotatable bonds is 6. The second kappa shape index (κ2) is 8.12. The Labute approximate surface area is 159 Å². The molecule has 0 spiro atoms. The van der Waals surface area contributed by atoms with E-state index in [2.05, 4.69) is 9.98 Å². The van der Waals surface area contributed by atoms with E-state index in [0.29, 0.717) is 21.2 Å². The zero-order valence-electron chi connectivity index (χ0n) is 13.8. The predicted octanol–water partition coefficient (Wildman–Crippen LogP) is 4.48. The lowest BCUT2D eigenvalue weighted by molar-refractivity contribution is 0.101. The smallest absolute Gasteiger partial charge is 0.195 e. The Morgan fingerprint density at radius 3 is 2.77 bits per heavy atom. The van der Waals surface area contributed by atoms with Crippen molar-refractivity contribution in [1.29, 1.82) is 0 Å². The summed E-state index contributed by atoms with van der Waals surface area (Å²) in [6, 6.07) is 12.2. The summed E-state index contributed by atoms with van der Waals surface area (Å²) in [6.45, 7) is 0.00897. The van der Waals surface area contributed by atoms with E-state index in [9.17, 15) is 9.90 Å². The van der Waals surface area contributed by atoms with Crippen LogP contribution in [0.4, 0.5) is 0 Å². The Morgan fingerprint density at radius 1 is 1.31 bits per heavy atom. The molecule has 0 saturated carbocycles. The fourth-order valence-corrected chi connectivity index (χ4v) is 3.21. The minimum absolute atomic E-state index is 0.00897. The minimum atomic E-state index is -0.114. The van der Waals surface area contributed by atoms with Crippen molar-refractivity contribution in [3.05, 3.63) is 64.1 Å². The average Bonchev–Trinajstić information content (AvgIpc) is 3.12. The average molecular weight is 387 g/mol. The first-order valence-electron chi connectivity index (χ1n) is 7.68. The predicted molar refractivity (Wildman–Crippen MR) is 104 cm³/mol. The summed E-state index contributed by atoms with van der Waals surface area (Å²) in [5, 5.41) is 11.1. The van der Waals surface area contributed by atoms with Gasteiger partial charge in [-0.25, -0.2) is 4.98 Å². The monoisotopic (exact) mass is 386 g/mol. The molecule has 1 heterocycles. The number of ketones is 1. The number of hydrogen-bond acceptors (Lipinski definition) is 6.